The highest BCUT2D eigenvalue weighted by Gasteiger charge is 2.32. The molecule has 1 atom stereocenters. The Balaban J connectivity index is 2.54. The molecular weight excluding hydrogens is 276 g/mol. The van der Waals surface area contributed by atoms with E-state index in [0.29, 0.717) is 19.4 Å². The van der Waals surface area contributed by atoms with Crippen LogP contribution < -0.4 is 5.32 Å². The van der Waals surface area contributed by atoms with Gasteiger partial charge in [0.2, 0.25) is 5.91 Å². The molecule has 0 aromatic rings. The van der Waals surface area contributed by atoms with Gasteiger partial charge < -0.3 is 19.7 Å². The summed E-state index contributed by atoms with van der Waals surface area (Å²) in [5, 5.41) is 2.56. The smallest absolute Gasteiger partial charge is 0.408 e. The molecule has 1 rings (SSSR count). The lowest BCUT2D eigenvalue weighted by atomic mass is 10.1. The quantitative estimate of drug-likeness (QED) is 0.785. The predicted molar refractivity (Wildman–Crippen MR) is 75.6 cm³/mol. The molecule has 0 radical (unpaired) electrons. The number of hydrogen-bond donors (Lipinski definition) is 1. The molecule has 1 fully saturated rings. The van der Waals surface area contributed by atoms with E-state index < -0.39 is 23.7 Å². The molecule has 1 aliphatic heterocycles. The van der Waals surface area contributed by atoms with Gasteiger partial charge in [-0.05, 0) is 40.5 Å². The third kappa shape index (κ3) is 6.01. The van der Waals surface area contributed by atoms with Crippen molar-refractivity contribution in [1.82, 2.24) is 10.2 Å². The topological polar surface area (TPSA) is 84.9 Å². The first-order chi connectivity index (χ1) is 9.73. The lowest BCUT2D eigenvalue weighted by molar-refractivity contribution is -0.150. The maximum Gasteiger partial charge on any atom is 0.408 e. The van der Waals surface area contributed by atoms with Crippen molar-refractivity contribution >= 4 is 18.0 Å². The zero-order valence-electron chi connectivity index (χ0n) is 13.1. The van der Waals surface area contributed by atoms with Crippen molar-refractivity contribution in [1.29, 1.82) is 0 Å². The first kappa shape index (κ1) is 17.3. The fourth-order valence-corrected chi connectivity index (χ4v) is 2.04. The maximum atomic E-state index is 12.2. The molecule has 7 heteroatoms. The minimum Gasteiger partial charge on any atom is -0.465 e. The van der Waals surface area contributed by atoms with Crippen LogP contribution in [0.5, 0.6) is 0 Å². The second-order valence-electron chi connectivity index (χ2n) is 5.91. The molecule has 21 heavy (non-hydrogen) atoms. The van der Waals surface area contributed by atoms with Crippen LogP contribution in [0.1, 0.15) is 40.5 Å². The van der Waals surface area contributed by atoms with Crippen LogP contribution in [0.15, 0.2) is 0 Å². The fraction of sp³-hybridized carbons (Fsp3) is 0.786. The monoisotopic (exact) mass is 300 g/mol. The molecule has 1 unspecified atom stereocenters. The van der Waals surface area contributed by atoms with E-state index in [1.54, 1.807) is 27.7 Å². The summed E-state index contributed by atoms with van der Waals surface area (Å²) in [6.07, 6.45) is 0.627. The second kappa shape index (κ2) is 7.28. The van der Waals surface area contributed by atoms with E-state index in [-0.39, 0.29) is 19.1 Å². The van der Waals surface area contributed by atoms with Gasteiger partial charge >= 0.3 is 12.1 Å². The normalized spacial score (nSPS) is 19.1. The number of ether oxygens (including phenoxy) is 2. The molecule has 0 spiro atoms. The van der Waals surface area contributed by atoms with Crippen LogP contribution in [-0.2, 0) is 19.1 Å². The van der Waals surface area contributed by atoms with E-state index in [9.17, 15) is 14.4 Å². The van der Waals surface area contributed by atoms with E-state index >= 15 is 0 Å². The Hall–Kier alpha value is -1.79. The summed E-state index contributed by atoms with van der Waals surface area (Å²) < 4.78 is 9.96. The molecule has 1 saturated heterocycles. The largest absolute Gasteiger partial charge is 0.465 e. The first-order valence-electron chi connectivity index (χ1n) is 7.17. The van der Waals surface area contributed by atoms with Gasteiger partial charge in [-0.25, -0.2) is 4.79 Å². The summed E-state index contributed by atoms with van der Waals surface area (Å²) in [4.78, 5) is 36.8. The average molecular weight is 300 g/mol. The van der Waals surface area contributed by atoms with Gasteiger partial charge in [-0.3, -0.25) is 9.59 Å². The third-order valence-electron chi connectivity index (χ3n) is 2.85. The van der Waals surface area contributed by atoms with Gasteiger partial charge in [0.25, 0.3) is 0 Å². The minimum atomic E-state index is -0.650. The van der Waals surface area contributed by atoms with Crippen molar-refractivity contribution in [2.75, 3.05) is 19.7 Å². The number of rotatable bonds is 4. The van der Waals surface area contributed by atoms with E-state index in [1.165, 1.54) is 4.90 Å². The molecule has 7 nitrogen and oxygen atoms in total. The minimum absolute atomic E-state index is 0.0842. The summed E-state index contributed by atoms with van der Waals surface area (Å²) in [7, 11) is 0. The lowest BCUT2D eigenvalue weighted by Gasteiger charge is -2.32. The lowest BCUT2D eigenvalue weighted by Crippen LogP contribution is -2.54. The van der Waals surface area contributed by atoms with Gasteiger partial charge in [-0.2, -0.15) is 0 Å². The number of esters is 1. The number of piperidine rings is 1. The van der Waals surface area contributed by atoms with Crippen LogP contribution >= 0.6 is 0 Å². The van der Waals surface area contributed by atoms with Crippen molar-refractivity contribution in [2.45, 2.75) is 52.2 Å². The SMILES string of the molecule is CCOC(=O)CN1CCCC(NC(=O)OC(C)(C)C)C1=O. The van der Waals surface area contributed by atoms with Crippen LogP contribution in [0.4, 0.5) is 4.79 Å². The molecule has 1 heterocycles. The second-order valence-corrected chi connectivity index (χ2v) is 5.91. The highest BCUT2D eigenvalue weighted by atomic mass is 16.6. The van der Waals surface area contributed by atoms with E-state index in [2.05, 4.69) is 5.32 Å². The van der Waals surface area contributed by atoms with Gasteiger partial charge in [-0.1, -0.05) is 0 Å². The fourth-order valence-electron chi connectivity index (χ4n) is 2.04. The molecule has 2 amide bonds. The van der Waals surface area contributed by atoms with E-state index in [0.717, 1.165) is 0 Å². The van der Waals surface area contributed by atoms with Crippen LogP contribution in [0.2, 0.25) is 0 Å². The number of carbonyl (C=O) groups excluding carboxylic acids is 3. The van der Waals surface area contributed by atoms with Gasteiger partial charge in [0.15, 0.2) is 0 Å². The number of nitrogens with one attached hydrogen (secondary N) is 1. The summed E-state index contributed by atoms with van der Waals surface area (Å²) in [6.45, 7) is 7.65. The summed E-state index contributed by atoms with van der Waals surface area (Å²) >= 11 is 0. The number of amides is 2. The van der Waals surface area contributed by atoms with Crippen LogP contribution in [-0.4, -0.2) is 54.2 Å². The van der Waals surface area contributed by atoms with Gasteiger partial charge in [0.05, 0.1) is 6.61 Å². The molecule has 0 aromatic carbocycles. The first-order valence-corrected chi connectivity index (χ1v) is 7.17. The van der Waals surface area contributed by atoms with Crippen molar-refractivity contribution in [3.8, 4) is 0 Å². The highest BCUT2D eigenvalue weighted by molar-refractivity contribution is 5.89. The summed E-state index contributed by atoms with van der Waals surface area (Å²) in [5.41, 5.74) is -0.619. The molecule has 1 N–H and O–H groups in total. The van der Waals surface area contributed by atoms with Crippen molar-refractivity contribution in [3.05, 3.63) is 0 Å². The number of alkyl carbamates (subject to hydrolysis) is 1. The zero-order chi connectivity index (χ0) is 16.0. The van der Waals surface area contributed by atoms with Crippen LogP contribution in [0.25, 0.3) is 0 Å². The maximum absolute atomic E-state index is 12.2. The molecule has 0 aromatic heterocycles. The Morgan fingerprint density at radius 3 is 2.62 bits per heavy atom. The van der Waals surface area contributed by atoms with Gasteiger partial charge in [0.1, 0.15) is 18.2 Å². The predicted octanol–water partition coefficient (Wildman–Crippen LogP) is 1.07. The Labute approximate surface area is 124 Å². The van der Waals surface area contributed by atoms with Gasteiger partial charge in [-0.15, -0.1) is 0 Å². The molecule has 0 saturated carbocycles. The van der Waals surface area contributed by atoms with Crippen molar-refractivity contribution in [2.24, 2.45) is 0 Å². The van der Waals surface area contributed by atoms with Crippen molar-refractivity contribution < 1.29 is 23.9 Å². The van der Waals surface area contributed by atoms with E-state index in [1.807, 2.05) is 0 Å². The molecule has 0 aliphatic carbocycles. The van der Waals surface area contributed by atoms with Gasteiger partial charge in [0, 0.05) is 6.54 Å². The summed E-state index contributed by atoms with van der Waals surface area (Å²) in [5.74, 6) is -0.719. The average Bonchev–Trinajstić information content (AvgIpc) is 2.32. The number of carbonyl (C=O) groups is 3. The number of nitrogens with zero attached hydrogens (tertiary/aromatic N) is 1. The van der Waals surface area contributed by atoms with Crippen molar-refractivity contribution in [3.63, 3.8) is 0 Å². The number of likely N-dealkylation sites (tertiary alicyclic amines) is 1. The standard InChI is InChI=1S/C14H24N2O5/c1-5-20-11(17)9-16-8-6-7-10(12(16)18)15-13(19)21-14(2,3)4/h10H,5-9H2,1-4H3,(H,15,19). The van der Waals surface area contributed by atoms with Crippen LogP contribution in [0, 0.1) is 0 Å². The Bertz CT molecular complexity index is 403. The third-order valence-corrected chi connectivity index (χ3v) is 2.85. The number of hydrogen-bond acceptors (Lipinski definition) is 5. The Morgan fingerprint density at radius 2 is 2.05 bits per heavy atom. The molecular formula is C14H24N2O5. The molecule has 0 bridgehead atoms. The highest BCUT2D eigenvalue weighted by Crippen LogP contribution is 2.13. The molecule has 120 valence electrons. The van der Waals surface area contributed by atoms with E-state index in [4.69, 9.17) is 9.47 Å². The zero-order valence-corrected chi connectivity index (χ0v) is 13.1. The Kier molecular flexibility index (Phi) is 5.99. The molecule has 1 aliphatic rings. The summed E-state index contributed by atoms with van der Waals surface area (Å²) in [6, 6.07) is -0.650. The Morgan fingerprint density at radius 1 is 1.38 bits per heavy atom. The van der Waals surface area contributed by atoms with Crippen LogP contribution in [0.3, 0.4) is 0 Å².